The van der Waals surface area contributed by atoms with Gasteiger partial charge in [-0.2, -0.15) is 0 Å². The van der Waals surface area contributed by atoms with Gasteiger partial charge < -0.3 is 39.4 Å². The normalized spacial score (nSPS) is 20.3. The van der Waals surface area contributed by atoms with E-state index in [1.807, 2.05) is 0 Å². The molecule has 0 saturated carbocycles. The molecule has 1 aliphatic rings. The number of esters is 2. The molecule has 4 N–H and O–H groups in total. The van der Waals surface area contributed by atoms with Crippen molar-refractivity contribution in [2.24, 2.45) is 0 Å². The first-order valence-electron chi connectivity index (χ1n) is 23.8. The number of aliphatic hydroxyl groups is 4. The van der Waals surface area contributed by atoms with Crippen LogP contribution >= 0.6 is 0 Å². The molecule has 0 spiro atoms. The Morgan fingerprint density at radius 3 is 1.42 bits per heavy atom. The van der Waals surface area contributed by atoms with Crippen LogP contribution in [0.1, 0.15) is 219 Å². The third-order valence-corrected chi connectivity index (χ3v) is 11.2. The standard InChI is InChI=1S/C47H88O10/c1-3-5-7-9-11-13-15-17-19-20-22-24-26-28-30-32-34-36-43(50)56-40(39-55-47-46(53)45(52)44(51)41(37-48)57-47)38-54-42(49)35-33-31-29-27-25-23-21-18-16-14-12-10-8-6-4-2/h10,12,40-41,44-48,51-53H,3-9,11,13-39H2,1-2H3/b12-10+/t40-,41-,44+,45?,46?,47-/m1/s1. The molecule has 336 valence electrons. The molecule has 0 aromatic heterocycles. The van der Waals surface area contributed by atoms with Gasteiger partial charge in [0.1, 0.15) is 31.0 Å². The Hall–Kier alpha value is -1.56. The summed E-state index contributed by atoms with van der Waals surface area (Å²) < 4.78 is 22.2. The second-order valence-corrected chi connectivity index (χ2v) is 16.6. The third-order valence-electron chi connectivity index (χ3n) is 11.2. The lowest BCUT2D eigenvalue weighted by atomic mass is 9.99. The first-order valence-corrected chi connectivity index (χ1v) is 23.8. The van der Waals surface area contributed by atoms with E-state index in [-0.39, 0.29) is 32.0 Å². The van der Waals surface area contributed by atoms with Gasteiger partial charge in [0.15, 0.2) is 12.4 Å². The molecular weight excluding hydrogens is 725 g/mol. The van der Waals surface area contributed by atoms with Crippen LogP contribution in [0.25, 0.3) is 0 Å². The molecule has 0 aromatic carbocycles. The van der Waals surface area contributed by atoms with Crippen molar-refractivity contribution in [1.29, 1.82) is 0 Å². The van der Waals surface area contributed by atoms with Gasteiger partial charge in [0.25, 0.3) is 0 Å². The Kier molecular flexibility index (Phi) is 36.2. The van der Waals surface area contributed by atoms with E-state index in [0.29, 0.717) is 6.42 Å². The quantitative estimate of drug-likeness (QED) is 0.0267. The summed E-state index contributed by atoms with van der Waals surface area (Å²) in [5, 5.41) is 40.1. The monoisotopic (exact) mass is 813 g/mol. The molecule has 0 bridgehead atoms. The topological polar surface area (TPSA) is 152 Å². The van der Waals surface area contributed by atoms with E-state index in [1.165, 1.54) is 148 Å². The largest absolute Gasteiger partial charge is 0.462 e. The van der Waals surface area contributed by atoms with Crippen LogP contribution < -0.4 is 0 Å². The number of unbranched alkanes of at least 4 members (excludes halogenated alkanes) is 27. The van der Waals surface area contributed by atoms with Crippen molar-refractivity contribution in [3.8, 4) is 0 Å². The van der Waals surface area contributed by atoms with E-state index >= 15 is 0 Å². The molecule has 6 atom stereocenters. The SMILES string of the molecule is CCCC/C=C/CCCCCCCCCCCC(=O)OC[C@H](CO[C@@H]1O[C@H](CO)[C@H](O)C(O)C1O)OC(=O)CCCCCCCCCCCCCCCCCCC. The minimum atomic E-state index is -1.59. The van der Waals surface area contributed by atoms with Gasteiger partial charge in [0, 0.05) is 12.8 Å². The predicted molar refractivity (Wildman–Crippen MR) is 229 cm³/mol. The molecule has 10 heteroatoms. The van der Waals surface area contributed by atoms with Crippen molar-refractivity contribution >= 4 is 11.9 Å². The molecule has 2 unspecified atom stereocenters. The predicted octanol–water partition coefficient (Wildman–Crippen LogP) is 10.3. The second-order valence-electron chi connectivity index (χ2n) is 16.6. The van der Waals surface area contributed by atoms with E-state index in [9.17, 15) is 30.0 Å². The molecule has 57 heavy (non-hydrogen) atoms. The van der Waals surface area contributed by atoms with Gasteiger partial charge in [-0.05, 0) is 32.1 Å². The molecule has 0 aromatic rings. The zero-order chi connectivity index (χ0) is 41.6. The van der Waals surface area contributed by atoms with Gasteiger partial charge in [0.2, 0.25) is 0 Å². The summed E-state index contributed by atoms with van der Waals surface area (Å²) in [6.45, 7) is 3.42. The van der Waals surface area contributed by atoms with Crippen LogP contribution in [0.3, 0.4) is 0 Å². The summed E-state index contributed by atoms with van der Waals surface area (Å²) >= 11 is 0. The van der Waals surface area contributed by atoms with E-state index in [0.717, 1.165) is 38.5 Å². The highest BCUT2D eigenvalue weighted by atomic mass is 16.7. The molecule has 1 aliphatic heterocycles. The van der Waals surface area contributed by atoms with Gasteiger partial charge >= 0.3 is 11.9 Å². The van der Waals surface area contributed by atoms with Crippen molar-refractivity contribution < 1.29 is 49.0 Å². The van der Waals surface area contributed by atoms with Crippen LogP contribution in [0.2, 0.25) is 0 Å². The molecule has 0 radical (unpaired) electrons. The van der Waals surface area contributed by atoms with Crippen LogP contribution in [0, 0.1) is 0 Å². The second kappa shape index (κ2) is 38.6. The van der Waals surface area contributed by atoms with Crippen LogP contribution in [-0.4, -0.2) is 89.0 Å². The van der Waals surface area contributed by atoms with Crippen molar-refractivity contribution in [2.45, 2.75) is 256 Å². The zero-order valence-electron chi connectivity index (χ0n) is 36.6. The Morgan fingerprint density at radius 2 is 0.947 bits per heavy atom. The highest BCUT2D eigenvalue weighted by molar-refractivity contribution is 5.70. The van der Waals surface area contributed by atoms with Gasteiger partial charge in [-0.15, -0.1) is 0 Å². The average molecular weight is 813 g/mol. The number of carbonyl (C=O) groups is 2. The van der Waals surface area contributed by atoms with Crippen molar-refractivity contribution in [2.75, 3.05) is 19.8 Å². The van der Waals surface area contributed by atoms with Crippen LogP contribution in [0.5, 0.6) is 0 Å². The molecule has 1 rings (SSSR count). The van der Waals surface area contributed by atoms with Gasteiger partial charge in [-0.25, -0.2) is 0 Å². The summed E-state index contributed by atoms with van der Waals surface area (Å²) in [5.41, 5.74) is 0. The molecule has 1 heterocycles. The lowest BCUT2D eigenvalue weighted by Gasteiger charge is -2.39. The van der Waals surface area contributed by atoms with E-state index in [4.69, 9.17) is 18.9 Å². The lowest BCUT2D eigenvalue weighted by Crippen LogP contribution is -2.59. The average Bonchev–Trinajstić information content (AvgIpc) is 3.21. The number of aliphatic hydroxyl groups excluding tert-OH is 4. The van der Waals surface area contributed by atoms with E-state index < -0.39 is 49.4 Å². The van der Waals surface area contributed by atoms with Crippen molar-refractivity contribution in [3.63, 3.8) is 0 Å². The summed E-state index contributed by atoms with van der Waals surface area (Å²) in [6.07, 6.45) is 33.5. The van der Waals surface area contributed by atoms with E-state index in [2.05, 4.69) is 26.0 Å². The molecule has 1 saturated heterocycles. The number of carbonyl (C=O) groups excluding carboxylic acids is 2. The maximum Gasteiger partial charge on any atom is 0.306 e. The first kappa shape index (κ1) is 53.5. The molecular formula is C47H88O10. The first-order chi connectivity index (χ1) is 27.8. The van der Waals surface area contributed by atoms with Crippen molar-refractivity contribution in [3.05, 3.63) is 12.2 Å². The number of hydrogen-bond donors (Lipinski definition) is 4. The van der Waals surface area contributed by atoms with Gasteiger partial charge in [0.05, 0.1) is 13.2 Å². The Balaban J connectivity index is 2.29. The molecule has 1 fully saturated rings. The highest BCUT2D eigenvalue weighted by Crippen LogP contribution is 2.23. The summed E-state index contributed by atoms with van der Waals surface area (Å²) in [7, 11) is 0. The summed E-state index contributed by atoms with van der Waals surface area (Å²) in [6, 6.07) is 0. The number of ether oxygens (including phenoxy) is 4. The van der Waals surface area contributed by atoms with Gasteiger partial charge in [-0.1, -0.05) is 187 Å². The van der Waals surface area contributed by atoms with Crippen LogP contribution in [0.4, 0.5) is 0 Å². The lowest BCUT2D eigenvalue weighted by molar-refractivity contribution is -0.305. The molecule has 10 nitrogen and oxygen atoms in total. The Labute approximate surface area is 348 Å². The molecule has 0 aliphatic carbocycles. The minimum Gasteiger partial charge on any atom is -0.462 e. The highest BCUT2D eigenvalue weighted by Gasteiger charge is 2.44. The van der Waals surface area contributed by atoms with Crippen molar-refractivity contribution in [1.82, 2.24) is 0 Å². The van der Waals surface area contributed by atoms with Crippen LogP contribution in [-0.2, 0) is 28.5 Å². The fourth-order valence-corrected chi connectivity index (χ4v) is 7.35. The maximum atomic E-state index is 12.8. The van der Waals surface area contributed by atoms with Crippen LogP contribution in [0.15, 0.2) is 12.2 Å². The Bertz CT molecular complexity index is 943. The number of rotatable bonds is 40. The fraction of sp³-hybridized carbons (Fsp3) is 0.915. The van der Waals surface area contributed by atoms with E-state index in [1.54, 1.807) is 0 Å². The maximum absolute atomic E-state index is 12.8. The third kappa shape index (κ3) is 30.2. The Morgan fingerprint density at radius 1 is 0.526 bits per heavy atom. The smallest absolute Gasteiger partial charge is 0.306 e. The minimum absolute atomic E-state index is 0.213. The summed E-state index contributed by atoms with van der Waals surface area (Å²) in [4.78, 5) is 25.4. The van der Waals surface area contributed by atoms with Gasteiger partial charge in [-0.3, -0.25) is 9.59 Å². The zero-order valence-corrected chi connectivity index (χ0v) is 36.6. The summed E-state index contributed by atoms with van der Waals surface area (Å²) in [5.74, 6) is -0.797. The fourth-order valence-electron chi connectivity index (χ4n) is 7.35. The number of allylic oxidation sites excluding steroid dienone is 2. The molecule has 0 amide bonds. The number of hydrogen-bond acceptors (Lipinski definition) is 10.